The third-order valence-corrected chi connectivity index (χ3v) is 10.5. The fourth-order valence-corrected chi connectivity index (χ4v) is 7.64. The molecule has 0 radical (unpaired) electrons. The van der Waals surface area contributed by atoms with Gasteiger partial charge in [0.15, 0.2) is 23.1 Å². The first kappa shape index (κ1) is 40.8. The number of hydrogen-bond acceptors (Lipinski definition) is 9. The van der Waals surface area contributed by atoms with E-state index in [1.165, 1.54) is 22.7 Å². The molecule has 0 atom stereocenters. The summed E-state index contributed by atoms with van der Waals surface area (Å²) in [5.74, 6) is -7.27. The maximum Gasteiger partial charge on any atom is 0.254 e. The minimum absolute atomic E-state index is 0.0319. The van der Waals surface area contributed by atoms with Crippen LogP contribution in [0.2, 0.25) is 0 Å². The second-order valence-electron chi connectivity index (χ2n) is 11.6. The third kappa shape index (κ3) is 9.82. The van der Waals surface area contributed by atoms with Crippen LogP contribution in [0.1, 0.15) is 46.7 Å². The zero-order valence-corrected chi connectivity index (χ0v) is 32.1. The Hall–Kier alpha value is -5.42. The van der Waals surface area contributed by atoms with Crippen LogP contribution in [0, 0.1) is 30.2 Å². The van der Waals surface area contributed by atoms with Crippen molar-refractivity contribution in [2.45, 2.75) is 33.2 Å². The normalized spacial score (nSPS) is 10.7. The number of carbonyl (C=O) groups is 2. The number of halogens is 5. The highest BCUT2D eigenvalue weighted by Gasteiger charge is 2.22. The molecule has 0 spiro atoms. The van der Waals surface area contributed by atoms with Crippen LogP contribution >= 0.6 is 38.6 Å². The summed E-state index contributed by atoms with van der Waals surface area (Å²) in [5, 5.41) is 10.4. The molecule has 284 valence electrons. The van der Waals surface area contributed by atoms with Gasteiger partial charge in [0.05, 0.1) is 21.8 Å². The number of benzene rings is 4. The fraction of sp³-hybridized carbons (Fsp3) is 0.128. The second kappa shape index (κ2) is 18.3. The molecule has 2 heterocycles. The SMILES string of the molecule is C=CCc1sc(COc2ccc(F)c(C(N)=O)c2F)nc1-c1ccc(CO)cc1.Cc1ccc(-c2nc(COc3ccc(F)c(C(N)=O)c3F)sc2Br)cc1. The lowest BCUT2D eigenvalue weighted by molar-refractivity contribution is 0.0982. The maximum absolute atomic E-state index is 14.3. The Labute approximate surface area is 329 Å². The zero-order valence-electron chi connectivity index (χ0n) is 28.9. The lowest BCUT2D eigenvalue weighted by Gasteiger charge is -2.08. The average molecular weight is 856 g/mol. The van der Waals surface area contributed by atoms with Crippen molar-refractivity contribution < 1.29 is 41.7 Å². The number of carbonyl (C=O) groups excluding carboxylic acids is 2. The molecule has 0 bridgehead atoms. The highest BCUT2D eigenvalue weighted by Crippen LogP contribution is 2.35. The first-order valence-corrected chi connectivity index (χ1v) is 18.6. The summed E-state index contributed by atoms with van der Waals surface area (Å²) in [6.45, 7) is 5.60. The number of amides is 2. The van der Waals surface area contributed by atoms with Crippen molar-refractivity contribution in [3.05, 3.63) is 150 Å². The van der Waals surface area contributed by atoms with Crippen molar-refractivity contribution in [2.75, 3.05) is 0 Å². The van der Waals surface area contributed by atoms with Crippen molar-refractivity contribution in [3.63, 3.8) is 0 Å². The van der Waals surface area contributed by atoms with E-state index in [1.807, 2.05) is 55.5 Å². The van der Waals surface area contributed by atoms with E-state index >= 15 is 0 Å². The zero-order chi connectivity index (χ0) is 39.8. The summed E-state index contributed by atoms with van der Waals surface area (Å²) in [7, 11) is 0. The first-order valence-electron chi connectivity index (χ1n) is 16.1. The van der Waals surface area contributed by atoms with Crippen LogP contribution in [0.15, 0.2) is 89.2 Å². The summed E-state index contributed by atoms with van der Waals surface area (Å²) < 4.78 is 67.2. The number of hydrogen-bond donors (Lipinski definition) is 3. The standard InChI is InChI=1S/C21H18F2N2O3S.C18H13BrF2N2O2S/c1-2-3-16-20(13-6-4-12(10-26)5-7-13)25-17(29-16)11-28-15-9-8-14(22)18(19(15)23)21(24)27;1-9-2-4-10(5-3-9)16-17(19)26-13(23-16)8-25-12-7-6-11(20)14(15(12)21)18(22)24/h2,4-9,26H,1,3,10-11H2,(H2,24,27);2-7H,8H2,1H3,(H2,22,24). The van der Waals surface area contributed by atoms with Crippen LogP contribution in [0.4, 0.5) is 17.6 Å². The lowest BCUT2D eigenvalue weighted by Crippen LogP contribution is -2.16. The van der Waals surface area contributed by atoms with Crippen LogP contribution in [0.3, 0.4) is 0 Å². The van der Waals surface area contributed by atoms with Gasteiger partial charge >= 0.3 is 0 Å². The van der Waals surface area contributed by atoms with Gasteiger partial charge in [-0.3, -0.25) is 9.59 Å². The summed E-state index contributed by atoms with van der Waals surface area (Å²) >= 11 is 6.20. The molecule has 0 aliphatic rings. The van der Waals surface area contributed by atoms with Crippen molar-refractivity contribution in [1.29, 1.82) is 0 Å². The number of rotatable bonds is 13. The molecule has 0 unspecified atom stereocenters. The molecule has 0 aliphatic heterocycles. The van der Waals surface area contributed by atoms with Gasteiger partial charge in [-0.15, -0.1) is 29.3 Å². The first-order chi connectivity index (χ1) is 26.3. The number of nitrogens with zero attached hydrogens (tertiary/aromatic N) is 2. The predicted octanol–water partition coefficient (Wildman–Crippen LogP) is 8.82. The molecule has 4 aromatic carbocycles. The van der Waals surface area contributed by atoms with E-state index in [1.54, 1.807) is 6.08 Å². The molecule has 2 amide bonds. The Kier molecular flexibility index (Phi) is 13.5. The van der Waals surface area contributed by atoms with Crippen LogP contribution in [-0.4, -0.2) is 26.9 Å². The van der Waals surface area contributed by atoms with Crippen LogP contribution in [-0.2, 0) is 26.2 Å². The Morgan fingerprint density at radius 1 is 0.764 bits per heavy atom. The van der Waals surface area contributed by atoms with E-state index in [9.17, 15) is 32.3 Å². The molecule has 16 heteroatoms. The molecule has 0 saturated carbocycles. The molecule has 5 N–H and O–H groups in total. The molecular formula is C39H31BrF4N4O5S2. The van der Waals surface area contributed by atoms with Gasteiger partial charge in [0.25, 0.3) is 11.8 Å². The van der Waals surface area contributed by atoms with Gasteiger partial charge in [-0.05, 0) is 52.7 Å². The largest absolute Gasteiger partial charge is 0.483 e. The highest BCUT2D eigenvalue weighted by atomic mass is 79.9. The van der Waals surface area contributed by atoms with Gasteiger partial charge in [0.2, 0.25) is 0 Å². The summed E-state index contributed by atoms with van der Waals surface area (Å²) in [4.78, 5) is 32.4. The van der Waals surface area contributed by atoms with Gasteiger partial charge in [0.1, 0.15) is 46.0 Å². The van der Waals surface area contributed by atoms with Crippen molar-refractivity contribution in [1.82, 2.24) is 9.97 Å². The van der Waals surface area contributed by atoms with Crippen molar-refractivity contribution >= 4 is 50.4 Å². The smallest absolute Gasteiger partial charge is 0.254 e. The highest BCUT2D eigenvalue weighted by molar-refractivity contribution is 9.11. The number of ether oxygens (including phenoxy) is 2. The number of aliphatic hydroxyl groups is 1. The van der Waals surface area contributed by atoms with E-state index in [0.717, 1.165) is 66.6 Å². The Balaban J connectivity index is 0.000000212. The molecule has 2 aromatic heterocycles. The molecule has 55 heavy (non-hydrogen) atoms. The number of primary amides is 2. The van der Waals surface area contributed by atoms with E-state index < -0.39 is 46.2 Å². The maximum atomic E-state index is 14.3. The van der Waals surface area contributed by atoms with E-state index in [2.05, 4.69) is 32.5 Å². The van der Waals surface area contributed by atoms with Crippen molar-refractivity contribution in [2.24, 2.45) is 11.5 Å². The van der Waals surface area contributed by atoms with Gasteiger partial charge in [-0.1, -0.05) is 60.2 Å². The molecule has 0 fully saturated rings. The van der Waals surface area contributed by atoms with Gasteiger partial charge < -0.3 is 26.0 Å². The number of thiazole rings is 2. The van der Waals surface area contributed by atoms with Gasteiger partial charge in [0, 0.05) is 22.4 Å². The van der Waals surface area contributed by atoms with Crippen LogP contribution in [0.5, 0.6) is 11.5 Å². The number of nitrogens with two attached hydrogens (primary N) is 2. The van der Waals surface area contributed by atoms with E-state index in [-0.39, 0.29) is 31.3 Å². The van der Waals surface area contributed by atoms with Crippen LogP contribution < -0.4 is 20.9 Å². The van der Waals surface area contributed by atoms with Crippen LogP contribution in [0.25, 0.3) is 22.5 Å². The Morgan fingerprint density at radius 3 is 1.73 bits per heavy atom. The average Bonchev–Trinajstić information content (AvgIpc) is 3.74. The second-order valence-corrected chi connectivity index (χ2v) is 15.2. The molecule has 9 nitrogen and oxygen atoms in total. The summed E-state index contributed by atoms with van der Waals surface area (Å²) in [6.07, 6.45) is 2.34. The van der Waals surface area contributed by atoms with E-state index in [4.69, 9.17) is 20.9 Å². The van der Waals surface area contributed by atoms with Gasteiger partial charge in [-0.2, -0.15) is 0 Å². The number of aryl methyl sites for hydroxylation is 1. The lowest BCUT2D eigenvalue weighted by atomic mass is 10.1. The molecule has 6 rings (SSSR count). The predicted molar refractivity (Wildman–Crippen MR) is 206 cm³/mol. The quantitative estimate of drug-likeness (QED) is 0.0776. The topological polar surface area (TPSA) is 151 Å². The minimum Gasteiger partial charge on any atom is -0.483 e. The minimum atomic E-state index is -1.21. The van der Waals surface area contributed by atoms with E-state index in [0.29, 0.717) is 16.4 Å². The number of allylic oxidation sites excluding steroid dienone is 1. The molecule has 0 saturated heterocycles. The van der Waals surface area contributed by atoms with Crippen molar-refractivity contribution in [3.8, 4) is 34.0 Å². The molecule has 6 aromatic rings. The third-order valence-electron chi connectivity index (χ3n) is 7.74. The fourth-order valence-electron chi connectivity index (χ4n) is 5.04. The molecular weight excluding hydrogens is 824 g/mol. The monoisotopic (exact) mass is 854 g/mol. The number of aromatic nitrogens is 2. The number of aliphatic hydroxyl groups excluding tert-OH is 1. The Bertz CT molecular complexity index is 2350. The molecule has 0 aliphatic carbocycles. The summed E-state index contributed by atoms with van der Waals surface area (Å²) in [5.41, 5.74) is 13.6. The summed E-state index contributed by atoms with van der Waals surface area (Å²) in [6, 6.07) is 19.3. The Morgan fingerprint density at radius 2 is 1.24 bits per heavy atom. The van der Waals surface area contributed by atoms with Gasteiger partial charge in [-0.25, -0.2) is 27.5 Å².